The predicted octanol–water partition coefficient (Wildman–Crippen LogP) is 5.69. The number of aldehydes is 1. The minimum absolute atomic E-state index is 0.272. The summed E-state index contributed by atoms with van der Waals surface area (Å²) >= 11 is 1.65. The van der Waals surface area contributed by atoms with E-state index in [1.54, 1.807) is 28.8 Å². The first-order valence-electron chi connectivity index (χ1n) is 12.5. The van der Waals surface area contributed by atoms with E-state index in [1.807, 2.05) is 30.3 Å². The summed E-state index contributed by atoms with van der Waals surface area (Å²) in [6, 6.07) is 8.27. The van der Waals surface area contributed by atoms with Crippen molar-refractivity contribution >= 4 is 24.3 Å². The molecule has 2 aliphatic rings. The van der Waals surface area contributed by atoms with Crippen LogP contribution in [0.1, 0.15) is 28.9 Å². The summed E-state index contributed by atoms with van der Waals surface area (Å²) in [6.07, 6.45) is 7.20. The van der Waals surface area contributed by atoms with Gasteiger partial charge in [-0.05, 0) is 79.8 Å². The fraction of sp³-hybridized carbons (Fsp3) is 0.286. The molecule has 4 heterocycles. The van der Waals surface area contributed by atoms with Crippen LogP contribution in [0.3, 0.4) is 0 Å². The number of fused-ring (bicyclic) bond motifs is 2. The molecule has 0 bridgehead atoms. The highest BCUT2D eigenvalue weighted by Gasteiger charge is 2.43. The molecule has 3 aromatic heterocycles. The summed E-state index contributed by atoms with van der Waals surface area (Å²) in [7, 11) is 1.90. The number of rotatable bonds is 4. The van der Waals surface area contributed by atoms with E-state index < -0.39 is 17.2 Å². The van der Waals surface area contributed by atoms with Gasteiger partial charge in [-0.25, -0.2) is 13.4 Å². The topological polar surface area (TPSA) is 68.8 Å². The second-order valence-electron chi connectivity index (χ2n) is 9.80. The summed E-state index contributed by atoms with van der Waals surface area (Å²) < 4.78 is 55.0. The van der Waals surface area contributed by atoms with Crippen LogP contribution in [-0.2, 0) is 24.4 Å². The van der Waals surface area contributed by atoms with Crippen molar-refractivity contribution < 1.29 is 22.4 Å². The molecule has 6 rings (SSSR count). The molecule has 1 saturated heterocycles. The Morgan fingerprint density at radius 3 is 2.50 bits per heavy atom. The van der Waals surface area contributed by atoms with Crippen molar-refractivity contribution in [2.24, 2.45) is 12.5 Å². The molecule has 1 aliphatic heterocycles. The fourth-order valence-corrected chi connectivity index (χ4v) is 5.97. The zero-order chi connectivity index (χ0) is 28.5. The summed E-state index contributed by atoms with van der Waals surface area (Å²) in [4.78, 5) is 17.0. The molecule has 4 aromatic rings. The molecule has 208 valence electrons. The quantitative estimate of drug-likeness (QED) is 0.178. The van der Waals surface area contributed by atoms with Crippen LogP contribution >= 0.6 is 11.9 Å². The van der Waals surface area contributed by atoms with E-state index in [1.165, 1.54) is 19.1 Å². The Morgan fingerprint density at radius 2 is 1.88 bits per heavy atom. The average molecular weight is 571 g/mol. The zero-order valence-electron chi connectivity index (χ0n) is 21.8. The molecule has 0 radical (unpaired) electrons. The lowest BCUT2D eigenvalue weighted by Crippen LogP contribution is -2.45. The highest BCUT2D eigenvalue weighted by Crippen LogP contribution is 2.45. The summed E-state index contributed by atoms with van der Waals surface area (Å²) in [5.74, 6) is -0.272. The van der Waals surface area contributed by atoms with Gasteiger partial charge in [0.1, 0.15) is 12.1 Å². The maximum Gasteiger partial charge on any atom is 0.416 e. The van der Waals surface area contributed by atoms with E-state index in [9.17, 15) is 22.4 Å². The Bertz CT molecular complexity index is 1540. The Labute approximate surface area is 232 Å². The monoisotopic (exact) mass is 570 g/mol. The number of benzene rings is 1. The van der Waals surface area contributed by atoms with Gasteiger partial charge >= 0.3 is 6.18 Å². The first kappa shape index (κ1) is 27.8. The molecular weight excluding hydrogens is 544 g/mol. The van der Waals surface area contributed by atoms with Crippen molar-refractivity contribution in [3.8, 4) is 5.69 Å². The maximum atomic E-state index is 13.3. The van der Waals surface area contributed by atoms with Crippen LogP contribution < -0.4 is 0 Å². The van der Waals surface area contributed by atoms with E-state index in [-0.39, 0.29) is 5.82 Å². The lowest BCUT2D eigenvalue weighted by Gasteiger charge is -2.42. The first-order chi connectivity index (χ1) is 19.1. The summed E-state index contributed by atoms with van der Waals surface area (Å²) in [5, 5.41) is 8.74. The van der Waals surface area contributed by atoms with Crippen molar-refractivity contribution in [2.45, 2.75) is 30.8 Å². The average Bonchev–Trinajstić information content (AvgIpc) is 3.52. The van der Waals surface area contributed by atoms with Crippen molar-refractivity contribution in [3.05, 3.63) is 95.1 Å². The van der Waals surface area contributed by atoms with Crippen LogP contribution in [-0.4, -0.2) is 48.2 Å². The second kappa shape index (κ2) is 11.0. The highest BCUT2D eigenvalue weighted by molar-refractivity contribution is 7.97. The van der Waals surface area contributed by atoms with E-state index in [0.29, 0.717) is 18.7 Å². The smallest absolute Gasteiger partial charge is 0.302 e. The SMILES string of the molecule is Cc1cc(C(F)(F)F)ccn1.Cn1cc(SN2CCC3=Cc4c(cnn4-c4ccc(F)cc4)CC3(C=O)C2)cn1. The number of hydrogen-bond acceptors (Lipinski definition) is 6. The molecule has 1 aliphatic carbocycles. The van der Waals surface area contributed by atoms with Crippen molar-refractivity contribution in [1.82, 2.24) is 28.9 Å². The van der Waals surface area contributed by atoms with Crippen molar-refractivity contribution in [2.75, 3.05) is 13.1 Å². The molecule has 0 saturated carbocycles. The van der Waals surface area contributed by atoms with Gasteiger partial charge in [0.05, 0.1) is 39.6 Å². The van der Waals surface area contributed by atoms with Crippen LogP contribution in [0, 0.1) is 18.2 Å². The number of alkyl halides is 3. The van der Waals surface area contributed by atoms with Crippen LogP contribution in [0.15, 0.2) is 71.7 Å². The largest absolute Gasteiger partial charge is 0.416 e. The summed E-state index contributed by atoms with van der Waals surface area (Å²) in [6.45, 7) is 3.04. The highest BCUT2D eigenvalue weighted by atomic mass is 32.2. The van der Waals surface area contributed by atoms with Gasteiger partial charge in [0.2, 0.25) is 0 Å². The molecule has 40 heavy (non-hydrogen) atoms. The van der Waals surface area contributed by atoms with Crippen LogP contribution in [0.5, 0.6) is 0 Å². The Balaban J connectivity index is 0.000000248. The van der Waals surface area contributed by atoms with Crippen LogP contribution in [0.25, 0.3) is 11.8 Å². The molecule has 0 N–H and O–H groups in total. The molecule has 1 atom stereocenters. The van der Waals surface area contributed by atoms with E-state index in [4.69, 9.17) is 0 Å². The molecule has 1 fully saturated rings. The van der Waals surface area contributed by atoms with Crippen LogP contribution in [0.4, 0.5) is 17.6 Å². The Hall–Kier alpha value is -3.77. The van der Waals surface area contributed by atoms with E-state index in [2.05, 4.69) is 25.6 Å². The third kappa shape index (κ3) is 5.87. The molecule has 1 aromatic carbocycles. The number of piperidine rings is 1. The molecule has 1 unspecified atom stereocenters. The normalized spacial score (nSPS) is 18.7. The Morgan fingerprint density at radius 1 is 1.10 bits per heavy atom. The lowest BCUT2D eigenvalue weighted by molar-refractivity contribution is -0.137. The van der Waals surface area contributed by atoms with Crippen molar-refractivity contribution in [1.29, 1.82) is 0 Å². The van der Waals surface area contributed by atoms with Gasteiger partial charge in [-0.3, -0.25) is 9.67 Å². The minimum Gasteiger partial charge on any atom is -0.302 e. The number of pyridine rings is 1. The maximum absolute atomic E-state index is 13.3. The van der Waals surface area contributed by atoms with Gasteiger partial charge in [0, 0.05) is 38.2 Å². The van der Waals surface area contributed by atoms with Gasteiger partial charge < -0.3 is 4.79 Å². The number of aryl methyl sites for hydroxylation is 2. The molecule has 7 nitrogen and oxygen atoms in total. The molecule has 0 spiro atoms. The lowest BCUT2D eigenvalue weighted by atomic mass is 9.70. The summed E-state index contributed by atoms with van der Waals surface area (Å²) in [5.41, 5.74) is 3.18. The third-order valence-corrected chi connectivity index (χ3v) is 7.86. The van der Waals surface area contributed by atoms with Crippen LogP contribution in [0.2, 0.25) is 0 Å². The van der Waals surface area contributed by atoms with E-state index in [0.717, 1.165) is 65.0 Å². The second-order valence-corrected chi connectivity index (χ2v) is 11.0. The van der Waals surface area contributed by atoms with Crippen molar-refractivity contribution in [3.63, 3.8) is 0 Å². The number of hydrogen-bond donors (Lipinski definition) is 0. The molecule has 0 amide bonds. The molecule has 12 heteroatoms. The minimum atomic E-state index is -4.26. The van der Waals surface area contributed by atoms with Gasteiger partial charge in [0.15, 0.2) is 0 Å². The standard InChI is InChI=1S/C21H20FN5OS.C7H6F3N/c1-25-12-19(11-23-25)29-26-7-6-16-8-20-15(9-21(16,13-26)14-28)10-24-27(20)18-4-2-17(22)3-5-18;1-5-4-6(2-3-11-5)7(8,9)10/h2-5,8,10-12,14H,6-7,9,13H2,1H3;2-4H,1H3. The number of carbonyl (C=O) groups is 1. The fourth-order valence-electron chi connectivity index (χ4n) is 4.90. The number of carbonyl (C=O) groups excluding carboxylic acids is 1. The number of nitrogens with zero attached hydrogens (tertiary/aromatic N) is 6. The number of aromatic nitrogens is 5. The van der Waals surface area contributed by atoms with E-state index >= 15 is 0 Å². The van der Waals surface area contributed by atoms with Gasteiger partial charge in [-0.1, -0.05) is 5.57 Å². The van der Waals surface area contributed by atoms with Gasteiger partial charge in [0.25, 0.3) is 0 Å². The molecular formula is C28H26F4N6OS. The zero-order valence-corrected chi connectivity index (χ0v) is 22.6. The van der Waals surface area contributed by atoms with Gasteiger partial charge in [-0.15, -0.1) is 0 Å². The number of halogens is 4. The third-order valence-electron chi connectivity index (χ3n) is 6.87. The first-order valence-corrected chi connectivity index (χ1v) is 13.3. The predicted molar refractivity (Wildman–Crippen MR) is 143 cm³/mol. The van der Waals surface area contributed by atoms with Gasteiger partial charge in [-0.2, -0.15) is 23.4 Å². The Kier molecular flexibility index (Phi) is 7.65.